The highest BCUT2D eigenvalue weighted by Gasteiger charge is 2.24. The maximum absolute atomic E-state index is 11.5. The van der Waals surface area contributed by atoms with Gasteiger partial charge in [0.05, 0.1) is 12.2 Å². The SMILES string of the molecule is NC(=O)NC(=O)CCN(C[C@H]1CCCO1)C[C@H]1CCCO1. The molecule has 3 amide bonds. The number of hydrogen-bond acceptors (Lipinski definition) is 5. The summed E-state index contributed by atoms with van der Waals surface area (Å²) in [5.74, 6) is -0.341. The predicted molar refractivity (Wildman–Crippen MR) is 76.7 cm³/mol. The number of carbonyl (C=O) groups excluding carboxylic acids is 2. The summed E-state index contributed by atoms with van der Waals surface area (Å²) in [4.78, 5) is 24.4. The smallest absolute Gasteiger partial charge is 0.318 e. The molecule has 0 spiro atoms. The van der Waals surface area contributed by atoms with Gasteiger partial charge in [0, 0.05) is 39.3 Å². The average molecular weight is 299 g/mol. The summed E-state index contributed by atoms with van der Waals surface area (Å²) in [6.45, 7) is 3.84. The minimum Gasteiger partial charge on any atom is -0.377 e. The van der Waals surface area contributed by atoms with Crippen molar-refractivity contribution in [1.82, 2.24) is 10.2 Å². The minimum atomic E-state index is -0.801. The molecule has 0 aliphatic carbocycles. The van der Waals surface area contributed by atoms with Crippen molar-refractivity contribution in [3.8, 4) is 0 Å². The highest BCUT2D eigenvalue weighted by atomic mass is 16.5. The third-order valence-corrected chi connectivity index (χ3v) is 3.89. The molecule has 0 aromatic carbocycles. The van der Waals surface area contributed by atoms with Crippen LogP contribution in [-0.4, -0.2) is 61.9 Å². The van der Waals surface area contributed by atoms with E-state index < -0.39 is 6.03 Å². The van der Waals surface area contributed by atoms with Crippen LogP contribution in [0.2, 0.25) is 0 Å². The zero-order valence-corrected chi connectivity index (χ0v) is 12.4. The van der Waals surface area contributed by atoms with E-state index in [0.717, 1.165) is 52.0 Å². The molecule has 2 saturated heterocycles. The van der Waals surface area contributed by atoms with Gasteiger partial charge >= 0.3 is 6.03 Å². The van der Waals surface area contributed by atoms with Gasteiger partial charge in [-0.1, -0.05) is 0 Å². The second-order valence-corrected chi connectivity index (χ2v) is 5.69. The Morgan fingerprint density at radius 2 is 1.67 bits per heavy atom. The van der Waals surface area contributed by atoms with Crippen molar-refractivity contribution in [2.45, 2.75) is 44.3 Å². The first-order chi connectivity index (χ1) is 10.1. The lowest BCUT2D eigenvalue weighted by atomic mass is 10.2. The molecular weight excluding hydrogens is 274 g/mol. The van der Waals surface area contributed by atoms with Crippen molar-refractivity contribution >= 4 is 11.9 Å². The molecule has 2 atom stereocenters. The number of rotatable bonds is 7. The van der Waals surface area contributed by atoms with E-state index in [-0.39, 0.29) is 24.5 Å². The summed E-state index contributed by atoms with van der Waals surface area (Å²) >= 11 is 0. The summed E-state index contributed by atoms with van der Waals surface area (Å²) in [6, 6.07) is -0.801. The largest absolute Gasteiger partial charge is 0.377 e. The number of nitrogens with one attached hydrogen (secondary N) is 1. The van der Waals surface area contributed by atoms with Gasteiger partial charge in [0.15, 0.2) is 0 Å². The molecule has 3 N–H and O–H groups in total. The first-order valence-corrected chi connectivity index (χ1v) is 7.68. The standard InChI is InChI=1S/C14H25N3O4/c15-14(19)16-13(18)5-6-17(9-11-3-1-7-20-11)10-12-4-2-8-21-12/h11-12H,1-10H2,(H3,15,16,18,19)/t11-,12-/m1/s1. The Hall–Kier alpha value is -1.18. The number of carbonyl (C=O) groups is 2. The lowest BCUT2D eigenvalue weighted by Crippen LogP contribution is -2.41. The molecule has 0 aromatic rings. The van der Waals surface area contributed by atoms with Crippen LogP contribution in [0.15, 0.2) is 0 Å². The molecule has 0 unspecified atom stereocenters. The number of nitrogens with zero attached hydrogens (tertiary/aromatic N) is 1. The van der Waals surface area contributed by atoms with E-state index in [1.807, 2.05) is 0 Å². The monoisotopic (exact) mass is 299 g/mol. The van der Waals surface area contributed by atoms with Crippen LogP contribution in [0.4, 0.5) is 4.79 Å². The molecule has 7 heteroatoms. The second kappa shape index (κ2) is 8.31. The van der Waals surface area contributed by atoms with Crippen LogP contribution in [0.5, 0.6) is 0 Å². The van der Waals surface area contributed by atoms with Crippen molar-refractivity contribution in [2.24, 2.45) is 5.73 Å². The third-order valence-electron chi connectivity index (χ3n) is 3.89. The lowest BCUT2D eigenvalue weighted by molar-refractivity contribution is -0.120. The predicted octanol–water partition coefficient (Wildman–Crippen LogP) is 0.231. The maximum Gasteiger partial charge on any atom is 0.318 e. The summed E-state index contributed by atoms with van der Waals surface area (Å²) in [5, 5.41) is 2.10. The normalized spacial score (nSPS) is 25.4. The van der Waals surface area contributed by atoms with Crippen LogP contribution in [0.1, 0.15) is 32.1 Å². The Morgan fingerprint density at radius 1 is 1.10 bits per heavy atom. The number of nitrogens with two attached hydrogens (primary N) is 1. The van der Waals surface area contributed by atoms with Crippen molar-refractivity contribution in [3.05, 3.63) is 0 Å². The van der Waals surface area contributed by atoms with E-state index >= 15 is 0 Å². The van der Waals surface area contributed by atoms with Gasteiger partial charge in [0.2, 0.25) is 5.91 Å². The molecule has 2 fully saturated rings. The number of hydrogen-bond donors (Lipinski definition) is 2. The van der Waals surface area contributed by atoms with Gasteiger partial charge in [-0.2, -0.15) is 0 Å². The zero-order chi connectivity index (χ0) is 15.1. The fourth-order valence-corrected chi connectivity index (χ4v) is 2.87. The van der Waals surface area contributed by atoms with Gasteiger partial charge in [0.25, 0.3) is 0 Å². The average Bonchev–Trinajstić information content (AvgIpc) is 3.08. The van der Waals surface area contributed by atoms with Crippen LogP contribution < -0.4 is 11.1 Å². The number of amides is 3. The van der Waals surface area contributed by atoms with Crippen molar-refractivity contribution in [3.63, 3.8) is 0 Å². The molecule has 0 radical (unpaired) electrons. The zero-order valence-electron chi connectivity index (χ0n) is 12.4. The Labute approximate surface area is 125 Å². The molecule has 7 nitrogen and oxygen atoms in total. The fourth-order valence-electron chi connectivity index (χ4n) is 2.87. The topological polar surface area (TPSA) is 93.9 Å². The molecule has 2 rings (SSSR count). The van der Waals surface area contributed by atoms with Gasteiger partial charge in [-0.25, -0.2) is 4.79 Å². The van der Waals surface area contributed by atoms with Gasteiger partial charge in [-0.15, -0.1) is 0 Å². The molecule has 2 heterocycles. The van der Waals surface area contributed by atoms with E-state index in [2.05, 4.69) is 10.2 Å². The first-order valence-electron chi connectivity index (χ1n) is 7.68. The molecule has 0 aromatic heterocycles. The Balaban J connectivity index is 1.78. The van der Waals surface area contributed by atoms with Gasteiger partial charge in [0.1, 0.15) is 0 Å². The van der Waals surface area contributed by atoms with Crippen molar-refractivity contribution < 1.29 is 19.1 Å². The molecule has 0 bridgehead atoms. The van der Waals surface area contributed by atoms with Crippen LogP contribution in [0.25, 0.3) is 0 Å². The fraction of sp³-hybridized carbons (Fsp3) is 0.857. The summed E-state index contributed by atoms with van der Waals surface area (Å²) < 4.78 is 11.3. The number of urea groups is 1. The van der Waals surface area contributed by atoms with E-state index in [1.165, 1.54) is 0 Å². The van der Waals surface area contributed by atoms with Crippen LogP contribution in [0, 0.1) is 0 Å². The van der Waals surface area contributed by atoms with E-state index in [1.54, 1.807) is 0 Å². The minimum absolute atomic E-state index is 0.241. The number of primary amides is 1. The summed E-state index contributed by atoms with van der Waals surface area (Å²) in [5.41, 5.74) is 4.94. The quantitative estimate of drug-likeness (QED) is 0.702. The van der Waals surface area contributed by atoms with E-state index in [4.69, 9.17) is 15.2 Å². The van der Waals surface area contributed by atoms with E-state index in [0.29, 0.717) is 6.54 Å². The molecule has 2 aliphatic rings. The number of ether oxygens (including phenoxy) is 2. The molecular formula is C14H25N3O4. The second-order valence-electron chi connectivity index (χ2n) is 5.69. The highest BCUT2D eigenvalue weighted by Crippen LogP contribution is 2.17. The highest BCUT2D eigenvalue weighted by molar-refractivity contribution is 5.93. The van der Waals surface area contributed by atoms with Gasteiger partial charge in [-0.05, 0) is 25.7 Å². The Kier molecular flexibility index (Phi) is 6.41. The molecule has 0 saturated carbocycles. The first kappa shape index (κ1) is 16.2. The van der Waals surface area contributed by atoms with E-state index in [9.17, 15) is 9.59 Å². The van der Waals surface area contributed by atoms with Crippen LogP contribution in [0.3, 0.4) is 0 Å². The Morgan fingerprint density at radius 3 is 2.10 bits per heavy atom. The summed E-state index contributed by atoms with van der Waals surface area (Å²) in [7, 11) is 0. The molecule has 120 valence electrons. The van der Waals surface area contributed by atoms with Crippen LogP contribution >= 0.6 is 0 Å². The number of imide groups is 1. The lowest BCUT2D eigenvalue weighted by Gasteiger charge is -2.27. The Bertz CT molecular complexity index is 334. The van der Waals surface area contributed by atoms with Gasteiger partial charge in [-0.3, -0.25) is 15.0 Å². The third kappa shape index (κ3) is 5.99. The summed E-state index contributed by atoms with van der Waals surface area (Å²) in [6.07, 6.45) is 5.06. The molecule has 21 heavy (non-hydrogen) atoms. The van der Waals surface area contributed by atoms with Crippen LogP contribution in [-0.2, 0) is 14.3 Å². The maximum atomic E-state index is 11.5. The van der Waals surface area contributed by atoms with Crippen molar-refractivity contribution in [2.75, 3.05) is 32.8 Å². The van der Waals surface area contributed by atoms with Crippen molar-refractivity contribution in [1.29, 1.82) is 0 Å². The van der Waals surface area contributed by atoms with Gasteiger partial charge < -0.3 is 15.2 Å². The molecule has 2 aliphatic heterocycles.